The number of hydrogen-bond donors (Lipinski definition) is 1. The number of anilines is 1. The lowest BCUT2D eigenvalue weighted by atomic mass is 9.79. The summed E-state index contributed by atoms with van der Waals surface area (Å²) in [6, 6.07) is 20.8. The fourth-order valence-electron chi connectivity index (χ4n) is 5.66. The van der Waals surface area contributed by atoms with Gasteiger partial charge in [0, 0.05) is 41.3 Å². The van der Waals surface area contributed by atoms with Crippen LogP contribution in [0.15, 0.2) is 73.1 Å². The first-order valence-corrected chi connectivity index (χ1v) is 12.6. The quantitative estimate of drug-likeness (QED) is 0.364. The minimum absolute atomic E-state index is 0.0454. The SMILES string of the molecule is CN(c1cc(-c2c(OCc3ccccc3)ccc3cccnc23)cnn1)C1CC(C)(C)NC(C)(C)C1. The number of hydrogen-bond acceptors (Lipinski definition) is 6. The van der Waals surface area contributed by atoms with Gasteiger partial charge in [0.05, 0.1) is 17.3 Å². The van der Waals surface area contributed by atoms with Crippen molar-refractivity contribution in [1.82, 2.24) is 20.5 Å². The molecular weight excluding hydrogens is 446 g/mol. The molecule has 1 N–H and O–H groups in total. The summed E-state index contributed by atoms with van der Waals surface area (Å²) in [6.07, 6.45) is 5.69. The molecular formula is C30H35N5O. The number of pyridine rings is 1. The van der Waals surface area contributed by atoms with Crippen molar-refractivity contribution in [2.75, 3.05) is 11.9 Å². The van der Waals surface area contributed by atoms with E-state index in [0.29, 0.717) is 12.6 Å². The smallest absolute Gasteiger partial charge is 0.151 e. The maximum atomic E-state index is 6.35. The normalized spacial score (nSPS) is 17.1. The number of nitrogens with one attached hydrogen (secondary N) is 1. The number of rotatable bonds is 6. The third kappa shape index (κ3) is 5.19. The lowest BCUT2D eigenvalue weighted by Crippen LogP contribution is -2.62. The molecule has 6 heteroatoms. The van der Waals surface area contributed by atoms with Crippen LogP contribution in [0.5, 0.6) is 5.75 Å². The maximum Gasteiger partial charge on any atom is 0.151 e. The third-order valence-electron chi connectivity index (χ3n) is 6.98. The number of fused-ring (bicyclic) bond motifs is 1. The van der Waals surface area contributed by atoms with Crippen molar-refractivity contribution in [3.63, 3.8) is 0 Å². The summed E-state index contributed by atoms with van der Waals surface area (Å²) in [5.74, 6) is 1.64. The molecule has 0 aliphatic carbocycles. The number of aromatic nitrogens is 3. The van der Waals surface area contributed by atoms with Gasteiger partial charge in [-0.25, -0.2) is 0 Å². The molecule has 2 aromatic heterocycles. The monoisotopic (exact) mass is 481 g/mol. The van der Waals surface area contributed by atoms with E-state index >= 15 is 0 Å². The molecule has 1 aliphatic rings. The van der Waals surface area contributed by atoms with Gasteiger partial charge in [-0.3, -0.25) is 4.98 Å². The van der Waals surface area contributed by atoms with Crippen LogP contribution in [0.25, 0.3) is 22.0 Å². The lowest BCUT2D eigenvalue weighted by molar-refractivity contribution is 0.160. The van der Waals surface area contributed by atoms with E-state index in [1.54, 1.807) is 0 Å². The average molecular weight is 482 g/mol. The van der Waals surface area contributed by atoms with Crippen LogP contribution in [0.4, 0.5) is 5.82 Å². The van der Waals surface area contributed by atoms with Crippen molar-refractivity contribution in [3.8, 4) is 16.9 Å². The average Bonchev–Trinajstić information content (AvgIpc) is 2.85. The van der Waals surface area contributed by atoms with Crippen LogP contribution in [0.2, 0.25) is 0 Å². The van der Waals surface area contributed by atoms with E-state index in [-0.39, 0.29) is 11.1 Å². The van der Waals surface area contributed by atoms with Gasteiger partial charge in [0.15, 0.2) is 5.82 Å². The highest BCUT2D eigenvalue weighted by atomic mass is 16.5. The van der Waals surface area contributed by atoms with E-state index in [1.165, 1.54) is 0 Å². The van der Waals surface area contributed by atoms with Gasteiger partial charge in [-0.05, 0) is 70.4 Å². The Balaban J connectivity index is 1.52. The van der Waals surface area contributed by atoms with E-state index in [0.717, 1.165) is 52.0 Å². The van der Waals surface area contributed by atoms with E-state index in [9.17, 15) is 0 Å². The summed E-state index contributed by atoms with van der Waals surface area (Å²) < 4.78 is 6.35. The molecule has 1 aliphatic heterocycles. The lowest BCUT2D eigenvalue weighted by Gasteiger charge is -2.49. The Morgan fingerprint density at radius 1 is 0.972 bits per heavy atom. The third-order valence-corrected chi connectivity index (χ3v) is 6.98. The molecule has 1 fully saturated rings. The fourth-order valence-corrected chi connectivity index (χ4v) is 5.66. The Kier molecular flexibility index (Phi) is 6.39. The molecule has 0 atom stereocenters. The van der Waals surface area contributed by atoms with Gasteiger partial charge in [0.2, 0.25) is 0 Å². The zero-order valence-corrected chi connectivity index (χ0v) is 21.8. The molecule has 0 bridgehead atoms. The zero-order valence-electron chi connectivity index (χ0n) is 21.8. The van der Waals surface area contributed by atoms with Gasteiger partial charge >= 0.3 is 0 Å². The molecule has 0 amide bonds. The van der Waals surface area contributed by atoms with Crippen molar-refractivity contribution in [3.05, 3.63) is 78.6 Å². The van der Waals surface area contributed by atoms with E-state index in [1.807, 2.05) is 42.7 Å². The van der Waals surface area contributed by atoms with Crippen LogP contribution in [-0.4, -0.2) is 39.3 Å². The molecule has 36 heavy (non-hydrogen) atoms. The Morgan fingerprint density at radius 3 is 2.47 bits per heavy atom. The largest absolute Gasteiger partial charge is 0.488 e. The van der Waals surface area contributed by atoms with E-state index in [2.05, 4.69) is 85.5 Å². The topological polar surface area (TPSA) is 63.2 Å². The predicted octanol–water partition coefficient (Wildman–Crippen LogP) is 6.02. The first-order chi connectivity index (χ1) is 17.2. The van der Waals surface area contributed by atoms with Crippen LogP contribution in [-0.2, 0) is 6.61 Å². The van der Waals surface area contributed by atoms with Gasteiger partial charge in [-0.2, -0.15) is 5.10 Å². The second-order valence-electron chi connectivity index (χ2n) is 11.2. The molecule has 4 aromatic rings. The molecule has 0 unspecified atom stereocenters. The van der Waals surface area contributed by atoms with Crippen LogP contribution < -0.4 is 15.0 Å². The number of ether oxygens (including phenoxy) is 1. The standard InChI is InChI=1S/C30H35N5O/c1-29(2)17-24(18-30(3,4)34-29)35(5)26-16-23(19-32-33-26)27-25(36-20-21-10-7-6-8-11-21)14-13-22-12-9-15-31-28(22)27/h6-16,19,24,34H,17-18,20H2,1-5H3. The van der Waals surface area contributed by atoms with Crippen molar-refractivity contribution >= 4 is 16.7 Å². The second kappa shape index (κ2) is 9.51. The summed E-state index contributed by atoms with van der Waals surface area (Å²) in [7, 11) is 2.13. The first kappa shape index (κ1) is 24.2. The van der Waals surface area contributed by atoms with Crippen LogP contribution >= 0.6 is 0 Å². The van der Waals surface area contributed by atoms with E-state index < -0.39 is 0 Å². The van der Waals surface area contributed by atoms with E-state index in [4.69, 9.17) is 9.72 Å². The van der Waals surface area contributed by atoms with Crippen molar-refractivity contribution < 1.29 is 4.74 Å². The van der Waals surface area contributed by atoms with Gasteiger partial charge in [0.1, 0.15) is 12.4 Å². The number of nitrogens with zero attached hydrogens (tertiary/aromatic N) is 4. The Labute approximate surface area is 213 Å². The first-order valence-electron chi connectivity index (χ1n) is 12.6. The molecule has 0 saturated carbocycles. The summed E-state index contributed by atoms with van der Waals surface area (Å²) in [6.45, 7) is 9.57. The van der Waals surface area contributed by atoms with Crippen molar-refractivity contribution in [2.24, 2.45) is 0 Å². The highest BCUT2D eigenvalue weighted by Gasteiger charge is 2.39. The minimum atomic E-state index is 0.0454. The number of benzene rings is 2. The molecule has 5 rings (SSSR count). The molecule has 2 aromatic carbocycles. The number of piperidine rings is 1. The highest BCUT2D eigenvalue weighted by Crippen LogP contribution is 2.38. The molecule has 6 nitrogen and oxygen atoms in total. The Morgan fingerprint density at radius 2 is 1.72 bits per heavy atom. The zero-order chi connectivity index (χ0) is 25.3. The molecule has 3 heterocycles. The Bertz CT molecular complexity index is 1340. The Hall–Kier alpha value is -3.51. The summed E-state index contributed by atoms with van der Waals surface area (Å²) in [5.41, 5.74) is 4.00. The maximum absolute atomic E-state index is 6.35. The molecule has 0 radical (unpaired) electrons. The molecule has 1 saturated heterocycles. The molecule has 186 valence electrons. The van der Waals surface area contributed by atoms with Crippen LogP contribution in [0, 0.1) is 0 Å². The molecule has 0 spiro atoms. The fraction of sp³-hybridized carbons (Fsp3) is 0.367. The minimum Gasteiger partial charge on any atom is -0.488 e. The predicted molar refractivity (Wildman–Crippen MR) is 146 cm³/mol. The summed E-state index contributed by atoms with van der Waals surface area (Å²) >= 11 is 0. The van der Waals surface area contributed by atoms with Crippen LogP contribution in [0.3, 0.4) is 0 Å². The van der Waals surface area contributed by atoms with Crippen LogP contribution in [0.1, 0.15) is 46.1 Å². The van der Waals surface area contributed by atoms with Gasteiger partial charge < -0.3 is 15.0 Å². The summed E-state index contributed by atoms with van der Waals surface area (Å²) in [4.78, 5) is 7.01. The van der Waals surface area contributed by atoms with Gasteiger partial charge in [-0.1, -0.05) is 36.4 Å². The van der Waals surface area contributed by atoms with Gasteiger partial charge in [-0.15, -0.1) is 5.10 Å². The van der Waals surface area contributed by atoms with Crippen molar-refractivity contribution in [2.45, 2.75) is 64.3 Å². The van der Waals surface area contributed by atoms with Crippen molar-refractivity contribution in [1.29, 1.82) is 0 Å². The summed E-state index contributed by atoms with van der Waals surface area (Å²) in [5, 5.41) is 13.8. The second-order valence-corrected chi connectivity index (χ2v) is 11.2. The van der Waals surface area contributed by atoms with Gasteiger partial charge in [0.25, 0.3) is 0 Å². The highest BCUT2D eigenvalue weighted by molar-refractivity contribution is 5.97.